The second kappa shape index (κ2) is 8.18. The lowest BCUT2D eigenvalue weighted by Gasteiger charge is -2.28. The number of fused-ring (bicyclic) bond motifs is 1. The molecular weight excluding hydrogens is 375 g/mol. The van der Waals surface area contributed by atoms with Crippen molar-refractivity contribution >= 4 is 17.5 Å². The molecule has 2 amide bonds. The highest BCUT2D eigenvalue weighted by Crippen LogP contribution is 2.24. The molecule has 29 heavy (non-hydrogen) atoms. The van der Waals surface area contributed by atoms with Crippen molar-refractivity contribution in [1.82, 2.24) is 4.90 Å². The Balaban J connectivity index is 1.37. The van der Waals surface area contributed by atoms with Crippen molar-refractivity contribution < 1.29 is 23.1 Å². The van der Waals surface area contributed by atoms with E-state index >= 15 is 0 Å². The molecule has 0 saturated heterocycles. The van der Waals surface area contributed by atoms with Gasteiger partial charge in [-0.25, -0.2) is 4.39 Å². The highest BCUT2D eigenvalue weighted by Gasteiger charge is 2.23. The van der Waals surface area contributed by atoms with Crippen molar-refractivity contribution in [3.05, 3.63) is 83.6 Å². The lowest BCUT2D eigenvalue weighted by atomic mass is 9.99. The summed E-state index contributed by atoms with van der Waals surface area (Å²) in [6.07, 6.45) is 2.22. The van der Waals surface area contributed by atoms with Crippen molar-refractivity contribution in [1.29, 1.82) is 0 Å². The van der Waals surface area contributed by atoms with Crippen LogP contribution in [0, 0.1) is 5.82 Å². The molecule has 1 aromatic heterocycles. The van der Waals surface area contributed by atoms with Crippen LogP contribution in [0.1, 0.15) is 21.7 Å². The summed E-state index contributed by atoms with van der Waals surface area (Å²) in [6, 6.07) is 14.5. The van der Waals surface area contributed by atoms with Crippen molar-refractivity contribution in [2.24, 2.45) is 0 Å². The Bertz CT molecular complexity index is 1020. The van der Waals surface area contributed by atoms with Crippen molar-refractivity contribution in [2.75, 3.05) is 18.5 Å². The molecule has 3 aromatic rings. The number of rotatable bonds is 5. The molecule has 1 aliphatic rings. The second-order valence-corrected chi connectivity index (χ2v) is 6.73. The number of anilines is 1. The monoisotopic (exact) mass is 394 g/mol. The molecule has 0 bridgehead atoms. The van der Waals surface area contributed by atoms with Gasteiger partial charge >= 0.3 is 0 Å². The van der Waals surface area contributed by atoms with Crippen LogP contribution in [0.25, 0.3) is 0 Å². The SMILES string of the molecule is O=C(COc1ccc(F)cc1)Nc1ccc2c(c1)CN(C(=O)c1ccco1)CC2. The Morgan fingerprint density at radius 3 is 2.69 bits per heavy atom. The number of nitrogens with zero attached hydrogens (tertiary/aromatic N) is 1. The maximum absolute atomic E-state index is 12.9. The number of ether oxygens (including phenoxy) is 1. The maximum Gasteiger partial charge on any atom is 0.289 e. The zero-order chi connectivity index (χ0) is 20.2. The van der Waals surface area contributed by atoms with E-state index in [-0.39, 0.29) is 24.2 Å². The minimum atomic E-state index is -0.365. The summed E-state index contributed by atoms with van der Waals surface area (Å²) >= 11 is 0. The Labute approximate surface area is 166 Å². The molecule has 4 rings (SSSR count). The first-order chi connectivity index (χ1) is 14.1. The average Bonchev–Trinajstić information content (AvgIpc) is 3.27. The Morgan fingerprint density at radius 2 is 1.93 bits per heavy atom. The van der Waals surface area contributed by atoms with Crippen molar-refractivity contribution in [3.63, 3.8) is 0 Å². The number of furan rings is 1. The van der Waals surface area contributed by atoms with Gasteiger partial charge in [0.15, 0.2) is 12.4 Å². The van der Waals surface area contributed by atoms with Crippen LogP contribution in [0.4, 0.5) is 10.1 Å². The van der Waals surface area contributed by atoms with Gasteiger partial charge in [-0.05, 0) is 66.1 Å². The van der Waals surface area contributed by atoms with Gasteiger partial charge in [0.05, 0.1) is 6.26 Å². The number of amides is 2. The molecule has 1 N–H and O–H groups in total. The number of hydrogen-bond acceptors (Lipinski definition) is 4. The summed E-state index contributed by atoms with van der Waals surface area (Å²) in [4.78, 5) is 26.4. The average molecular weight is 394 g/mol. The van der Waals surface area contributed by atoms with E-state index in [1.807, 2.05) is 18.2 Å². The topological polar surface area (TPSA) is 71.8 Å². The van der Waals surface area contributed by atoms with Gasteiger partial charge in [-0.3, -0.25) is 9.59 Å². The summed E-state index contributed by atoms with van der Waals surface area (Å²) in [5.41, 5.74) is 2.76. The van der Waals surface area contributed by atoms with Crippen molar-refractivity contribution in [3.8, 4) is 5.75 Å². The summed E-state index contributed by atoms with van der Waals surface area (Å²) < 4.78 is 23.5. The number of halogens is 1. The van der Waals surface area contributed by atoms with Gasteiger partial charge in [-0.2, -0.15) is 0 Å². The highest BCUT2D eigenvalue weighted by atomic mass is 19.1. The Hall–Kier alpha value is -3.61. The van der Waals surface area contributed by atoms with Crippen molar-refractivity contribution in [2.45, 2.75) is 13.0 Å². The minimum Gasteiger partial charge on any atom is -0.484 e. The summed E-state index contributed by atoms with van der Waals surface area (Å²) in [5, 5.41) is 2.79. The smallest absolute Gasteiger partial charge is 0.289 e. The van der Waals surface area contributed by atoms with Gasteiger partial charge in [0.25, 0.3) is 11.8 Å². The fourth-order valence-corrected chi connectivity index (χ4v) is 3.24. The number of benzene rings is 2. The summed E-state index contributed by atoms with van der Waals surface area (Å²) in [5.74, 6) is -0.109. The number of carbonyl (C=O) groups excluding carboxylic acids is 2. The van der Waals surface area contributed by atoms with E-state index in [0.29, 0.717) is 30.3 Å². The molecule has 0 unspecified atom stereocenters. The van der Waals surface area contributed by atoms with Gasteiger partial charge in [0.2, 0.25) is 0 Å². The van der Waals surface area contributed by atoms with Crippen LogP contribution in [0.5, 0.6) is 5.75 Å². The van der Waals surface area contributed by atoms with Crippen LogP contribution in [-0.4, -0.2) is 29.9 Å². The standard InChI is InChI=1S/C22H19FN2O4/c23-17-4-7-19(8-5-17)29-14-21(26)24-18-6-3-15-9-10-25(13-16(15)12-18)22(27)20-2-1-11-28-20/h1-8,11-12H,9-10,13-14H2,(H,24,26). The lowest BCUT2D eigenvalue weighted by molar-refractivity contribution is -0.118. The van der Waals surface area contributed by atoms with Crippen LogP contribution in [0.15, 0.2) is 65.3 Å². The second-order valence-electron chi connectivity index (χ2n) is 6.73. The molecule has 0 radical (unpaired) electrons. The third-order valence-electron chi connectivity index (χ3n) is 4.71. The number of hydrogen-bond donors (Lipinski definition) is 1. The van der Waals surface area contributed by atoms with E-state index in [1.165, 1.54) is 30.5 Å². The minimum absolute atomic E-state index is 0.150. The van der Waals surface area contributed by atoms with E-state index in [1.54, 1.807) is 17.0 Å². The van der Waals surface area contributed by atoms with Crippen LogP contribution in [0.3, 0.4) is 0 Å². The molecule has 2 heterocycles. The predicted molar refractivity (Wildman–Crippen MR) is 104 cm³/mol. The van der Waals surface area contributed by atoms with Crippen LogP contribution in [0.2, 0.25) is 0 Å². The predicted octanol–water partition coefficient (Wildman–Crippen LogP) is 3.63. The van der Waals surface area contributed by atoms with E-state index in [2.05, 4.69) is 5.32 Å². The van der Waals surface area contributed by atoms with Gasteiger partial charge < -0.3 is 19.4 Å². The molecule has 148 valence electrons. The molecular formula is C22H19FN2O4. The normalized spacial score (nSPS) is 12.9. The molecule has 0 aliphatic carbocycles. The summed E-state index contributed by atoms with van der Waals surface area (Å²) in [7, 11) is 0. The van der Waals surface area contributed by atoms with Gasteiger partial charge in [0.1, 0.15) is 11.6 Å². The van der Waals surface area contributed by atoms with E-state index < -0.39 is 0 Å². The van der Waals surface area contributed by atoms with E-state index in [0.717, 1.165) is 17.5 Å². The lowest BCUT2D eigenvalue weighted by Crippen LogP contribution is -2.35. The fraction of sp³-hybridized carbons (Fsp3) is 0.182. The molecule has 0 atom stereocenters. The molecule has 0 spiro atoms. The molecule has 0 saturated carbocycles. The Kier molecular flexibility index (Phi) is 5.29. The zero-order valence-electron chi connectivity index (χ0n) is 15.6. The van der Waals surface area contributed by atoms with Gasteiger partial charge in [-0.15, -0.1) is 0 Å². The van der Waals surface area contributed by atoms with Gasteiger partial charge in [0, 0.05) is 18.8 Å². The highest BCUT2D eigenvalue weighted by molar-refractivity contribution is 5.92. The first kappa shape index (κ1) is 18.7. The molecule has 7 heteroatoms. The van der Waals surface area contributed by atoms with Gasteiger partial charge in [-0.1, -0.05) is 6.07 Å². The molecule has 6 nitrogen and oxygen atoms in total. The largest absolute Gasteiger partial charge is 0.484 e. The molecule has 1 aliphatic heterocycles. The fourth-order valence-electron chi connectivity index (χ4n) is 3.24. The van der Waals surface area contributed by atoms with Crippen LogP contribution < -0.4 is 10.1 Å². The Morgan fingerprint density at radius 1 is 1.10 bits per heavy atom. The van der Waals surface area contributed by atoms with Crippen LogP contribution in [-0.2, 0) is 17.8 Å². The number of carbonyl (C=O) groups is 2. The first-order valence-corrected chi connectivity index (χ1v) is 9.21. The summed E-state index contributed by atoms with van der Waals surface area (Å²) in [6.45, 7) is 0.875. The van der Waals surface area contributed by atoms with E-state index in [4.69, 9.17) is 9.15 Å². The molecule has 2 aromatic carbocycles. The third-order valence-corrected chi connectivity index (χ3v) is 4.71. The quantitative estimate of drug-likeness (QED) is 0.717. The first-order valence-electron chi connectivity index (χ1n) is 9.21. The van der Waals surface area contributed by atoms with E-state index in [9.17, 15) is 14.0 Å². The number of nitrogens with one attached hydrogen (secondary N) is 1. The molecule has 0 fully saturated rings. The third kappa shape index (κ3) is 4.45. The maximum atomic E-state index is 12.9. The van der Waals surface area contributed by atoms with Crippen LogP contribution >= 0.6 is 0 Å². The zero-order valence-corrected chi connectivity index (χ0v) is 15.6.